The van der Waals surface area contributed by atoms with Crippen LogP contribution >= 0.6 is 0 Å². The highest BCUT2D eigenvalue weighted by molar-refractivity contribution is 4.60. The summed E-state index contributed by atoms with van der Waals surface area (Å²) < 4.78 is 16.6. The van der Waals surface area contributed by atoms with Crippen LogP contribution in [0.15, 0.2) is 0 Å². The number of aliphatic hydroxyl groups excluding tert-OH is 1. The molecule has 0 aliphatic heterocycles. The third kappa shape index (κ3) is 10.7. The van der Waals surface area contributed by atoms with Crippen molar-refractivity contribution in [3.63, 3.8) is 0 Å². The van der Waals surface area contributed by atoms with Crippen LogP contribution in [0.3, 0.4) is 0 Å². The summed E-state index contributed by atoms with van der Waals surface area (Å²) in [6.45, 7) is 11.1. The lowest BCUT2D eigenvalue weighted by atomic mass is 10.3. The Morgan fingerprint density at radius 3 is 2.35 bits per heavy atom. The van der Waals surface area contributed by atoms with E-state index >= 15 is 0 Å². The predicted molar refractivity (Wildman–Crippen MR) is 68.0 cm³/mol. The van der Waals surface area contributed by atoms with Gasteiger partial charge in [0.15, 0.2) is 5.79 Å². The highest BCUT2D eigenvalue weighted by Crippen LogP contribution is 2.14. The standard InChI is InChI=1S/C13H28O4/c1-6-7-8-15-10-12(3)17-13(4,5)16-9-11(2)14/h11-12,14H,6-10H2,1-5H3. The van der Waals surface area contributed by atoms with Crippen molar-refractivity contribution in [1.29, 1.82) is 0 Å². The minimum absolute atomic E-state index is 0.0177. The Morgan fingerprint density at radius 2 is 1.82 bits per heavy atom. The summed E-state index contributed by atoms with van der Waals surface area (Å²) in [4.78, 5) is 0. The summed E-state index contributed by atoms with van der Waals surface area (Å²) in [6.07, 6.45) is 1.72. The molecule has 0 saturated carbocycles. The highest BCUT2D eigenvalue weighted by Gasteiger charge is 2.22. The zero-order valence-electron chi connectivity index (χ0n) is 11.9. The van der Waals surface area contributed by atoms with E-state index in [2.05, 4.69) is 6.92 Å². The smallest absolute Gasteiger partial charge is 0.163 e. The van der Waals surface area contributed by atoms with E-state index in [9.17, 15) is 0 Å². The van der Waals surface area contributed by atoms with Crippen LogP contribution in [-0.4, -0.2) is 42.9 Å². The van der Waals surface area contributed by atoms with Gasteiger partial charge < -0.3 is 19.3 Å². The topological polar surface area (TPSA) is 47.9 Å². The molecule has 0 heterocycles. The minimum Gasteiger partial charge on any atom is -0.391 e. The average molecular weight is 248 g/mol. The van der Waals surface area contributed by atoms with Gasteiger partial charge in [-0.25, -0.2) is 0 Å². The molecule has 17 heavy (non-hydrogen) atoms. The molecule has 4 heteroatoms. The Bertz CT molecular complexity index is 180. The van der Waals surface area contributed by atoms with Gasteiger partial charge in [-0.05, 0) is 34.1 Å². The van der Waals surface area contributed by atoms with Crippen molar-refractivity contribution in [2.75, 3.05) is 19.8 Å². The Labute approximate surface area is 105 Å². The van der Waals surface area contributed by atoms with Gasteiger partial charge in [0.1, 0.15) is 0 Å². The molecule has 0 rings (SSSR count). The maximum atomic E-state index is 9.15. The molecule has 0 radical (unpaired) electrons. The zero-order chi connectivity index (χ0) is 13.3. The lowest BCUT2D eigenvalue weighted by Gasteiger charge is -2.29. The Morgan fingerprint density at radius 1 is 1.18 bits per heavy atom. The normalized spacial score (nSPS) is 15.9. The van der Waals surface area contributed by atoms with Gasteiger partial charge in [0.25, 0.3) is 0 Å². The summed E-state index contributed by atoms with van der Waals surface area (Å²) in [6, 6.07) is 0. The Balaban J connectivity index is 3.72. The molecule has 1 N–H and O–H groups in total. The quantitative estimate of drug-likeness (QED) is 0.476. The van der Waals surface area contributed by atoms with E-state index in [0.717, 1.165) is 19.4 Å². The lowest BCUT2D eigenvalue weighted by Crippen LogP contribution is -2.36. The predicted octanol–water partition coefficient (Wildman–Crippen LogP) is 2.34. The number of rotatable bonds is 10. The largest absolute Gasteiger partial charge is 0.391 e. The molecule has 2 atom stereocenters. The third-order valence-corrected chi connectivity index (χ3v) is 2.15. The van der Waals surface area contributed by atoms with Crippen molar-refractivity contribution in [3.05, 3.63) is 0 Å². The third-order valence-electron chi connectivity index (χ3n) is 2.15. The number of ether oxygens (including phenoxy) is 3. The minimum atomic E-state index is -0.690. The van der Waals surface area contributed by atoms with Crippen molar-refractivity contribution in [2.45, 2.75) is 65.5 Å². The van der Waals surface area contributed by atoms with Gasteiger partial charge in [0.05, 0.1) is 25.4 Å². The van der Waals surface area contributed by atoms with E-state index in [1.807, 2.05) is 20.8 Å². The van der Waals surface area contributed by atoms with Crippen LogP contribution in [0.5, 0.6) is 0 Å². The molecule has 0 spiro atoms. The fraction of sp³-hybridized carbons (Fsp3) is 1.00. The second-order valence-electron chi connectivity index (χ2n) is 4.92. The summed E-state index contributed by atoms with van der Waals surface area (Å²) in [5, 5.41) is 9.15. The van der Waals surface area contributed by atoms with E-state index in [1.165, 1.54) is 0 Å². The molecule has 0 fully saturated rings. The molecular formula is C13H28O4. The molecule has 0 aliphatic carbocycles. The SMILES string of the molecule is CCCCOCC(C)OC(C)(C)OCC(C)O. The second-order valence-corrected chi connectivity index (χ2v) is 4.92. The van der Waals surface area contributed by atoms with Gasteiger partial charge >= 0.3 is 0 Å². The number of aliphatic hydroxyl groups is 1. The van der Waals surface area contributed by atoms with E-state index in [0.29, 0.717) is 6.61 Å². The van der Waals surface area contributed by atoms with E-state index in [-0.39, 0.29) is 12.7 Å². The van der Waals surface area contributed by atoms with Crippen LogP contribution in [0.4, 0.5) is 0 Å². The molecule has 0 aromatic carbocycles. The van der Waals surface area contributed by atoms with Crippen molar-refractivity contribution in [1.82, 2.24) is 0 Å². The maximum absolute atomic E-state index is 9.15. The van der Waals surface area contributed by atoms with Crippen molar-refractivity contribution < 1.29 is 19.3 Å². The second kappa shape index (κ2) is 8.86. The molecular weight excluding hydrogens is 220 g/mol. The molecule has 4 nitrogen and oxygen atoms in total. The van der Waals surface area contributed by atoms with Crippen LogP contribution in [0.1, 0.15) is 47.5 Å². The Kier molecular flexibility index (Phi) is 8.78. The van der Waals surface area contributed by atoms with E-state index in [1.54, 1.807) is 6.92 Å². The molecule has 0 bridgehead atoms. The van der Waals surface area contributed by atoms with Crippen molar-refractivity contribution in [2.24, 2.45) is 0 Å². The zero-order valence-corrected chi connectivity index (χ0v) is 11.9. The van der Waals surface area contributed by atoms with Crippen molar-refractivity contribution in [3.8, 4) is 0 Å². The Hall–Kier alpha value is -0.160. The summed E-state index contributed by atoms with van der Waals surface area (Å²) in [5.41, 5.74) is 0. The van der Waals surface area contributed by atoms with Crippen LogP contribution in [0.25, 0.3) is 0 Å². The molecule has 0 saturated heterocycles. The summed E-state index contributed by atoms with van der Waals surface area (Å²) in [5.74, 6) is -0.690. The molecule has 104 valence electrons. The monoisotopic (exact) mass is 248 g/mol. The summed E-state index contributed by atoms with van der Waals surface area (Å²) in [7, 11) is 0. The van der Waals surface area contributed by atoms with Crippen LogP contribution in [-0.2, 0) is 14.2 Å². The van der Waals surface area contributed by atoms with Crippen LogP contribution in [0, 0.1) is 0 Å². The number of hydrogen-bond donors (Lipinski definition) is 1. The van der Waals surface area contributed by atoms with Crippen LogP contribution in [0.2, 0.25) is 0 Å². The van der Waals surface area contributed by atoms with Crippen molar-refractivity contribution >= 4 is 0 Å². The molecule has 0 amide bonds. The highest BCUT2D eigenvalue weighted by atomic mass is 16.7. The number of hydrogen-bond acceptors (Lipinski definition) is 4. The van der Waals surface area contributed by atoms with Gasteiger partial charge in [0, 0.05) is 6.61 Å². The fourth-order valence-electron chi connectivity index (χ4n) is 1.37. The lowest BCUT2D eigenvalue weighted by molar-refractivity contribution is -0.248. The molecule has 0 aromatic heterocycles. The number of unbranched alkanes of at least 4 members (excludes halogenated alkanes) is 1. The molecule has 0 aromatic rings. The first kappa shape index (κ1) is 16.8. The average Bonchev–Trinajstić information content (AvgIpc) is 2.21. The van der Waals surface area contributed by atoms with Gasteiger partial charge in [-0.15, -0.1) is 0 Å². The maximum Gasteiger partial charge on any atom is 0.163 e. The summed E-state index contributed by atoms with van der Waals surface area (Å²) >= 11 is 0. The van der Waals surface area contributed by atoms with Gasteiger partial charge in [-0.1, -0.05) is 13.3 Å². The van der Waals surface area contributed by atoms with Gasteiger partial charge in [0.2, 0.25) is 0 Å². The molecule has 0 aliphatic rings. The molecule has 2 unspecified atom stereocenters. The first-order valence-electron chi connectivity index (χ1n) is 6.45. The first-order valence-corrected chi connectivity index (χ1v) is 6.45. The fourth-order valence-corrected chi connectivity index (χ4v) is 1.37. The van der Waals surface area contributed by atoms with Crippen LogP contribution < -0.4 is 0 Å². The van der Waals surface area contributed by atoms with Gasteiger partial charge in [-0.2, -0.15) is 0 Å². The first-order chi connectivity index (χ1) is 7.87. The van der Waals surface area contributed by atoms with Gasteiger partial charge in [-0.3, -0.25) is 0 Å². The van der Waals surface area contributed by atoms with E-state index < -0.39 is 11.9 Å². The van der Waals surface area contributed by atoms with E-state index in [4.69, 9.17) is 19.3 Å².